The van der Waals surface area contributed by atoms with Crippen molar-refractivity contribution in [2.45, 2.75) is 116 Å². The lowest BCUT2D eigenvalue weighted by atomic mass is 10.5. The summed E-state index contributed by atoms with van der Waals surface area (Å²) in [6.45, 7) is 26.6. The fourth-order valence-electron chi connectivity index (χ4n) is 3.68. The maximum absolute atomic E-state index is 6.85. The summed E-state index contributed by atoms with van der Waals surface area (Å²) in [5.74, 6) is 0. The van der Waals surface area contributed by atoms with Crippen molar-refractivity contribution < 1.29 is 18.3 Å². The van der Waals surface area contributed by atoms with Gasteiger partial charge in [-0.15, -0.1) is 0 Å². The molecule has 2 atom stereocenters. The van der Waals surface area contributed by atoms with Crippen molar-refractivity contribution in [3.63, 3.8) is 0 Å². The summed E-state index contributed by atoms with van der Waals surface area (Å²) in [5, 5.41) is 0. The van der Waals surface area contributed by atoms with Gasteiger partial charge in [0.05, 0.1) is 13.8 Å². The molecule has 0 aromatic heterocycles. The maximum atomic E-state index is 6.85. The van der Waals surface area contributed by atoms with Gasteiger partial charge in [0, 0.05) is 32.2 Å². The lowest BCUT2D eigenvalue weighted by Crippen LogP contribution is -2.56. The zero-order valence-corrected chi connectivity index (χ0v) is 24.4. The predicted octanol–water partition coefficient (Wildman–Crippen LogP) is 6.63. The molecule has 0 radical (unpaired) electrons. The average Bonchev–Trinajstić information content (AvgIpc) is 2.62. The molecule has 0 heterocycles. The summed E-state index contributed by atoms with van der Waals surface area (Å²) >= 11 is 0. The highest BCUT2D eigenvalue weighted by molar-refractivity contribution is 6.81. The quantitative estimate of drug-likeness (QED) is 0.168. The van der Waals surface area contributed by atoms with Crippen LogP contribution in [0.3, 0.4) is 0 Å². The summed E-state index contributed by atoms with van der Waals surface area (Å²) in [6.07, 6.45) is 4.39. The Balaban J connectivity index is 4.74. The molecule has 0 aromatic carbocycles. The van der Waals surface area contributed by atoms with Crippen molar-refractivity contribution in [2.75, 3.05) is 26.4 Å². The van der Waals surface area contributed by atoms with Crippen molar-refractivity contribution in [1.82, 2.24) is 0 Å². The highest BCUT2D eigenvalue weighted by Crippen LogP contribution is 2.28. The summed E-state index contributed by atoms with van der Waals surface area (Å²) in [7, 11) is -5.11. The van der Waals surface area contributed by atoms with Gasteiger partial charge in [0.1, 0.15) is 0 Å². The van der Waals surface area contributed by atoms with Crippen LogP contribution in [-0.2, 0) is 18.3 Å². The van der Waals surface area contributed by atoms with Gasteiger partial charge < -0.3 is 18.3 Å². The van der Waals surface area contributed by atoms with Crippen molar-refractivity contribution in [3.05, 3.63) is 0 Å². The van der Waals surface area contributed by atoms with E-state index in [-0.39, 0.29) is 5.73 Å². The fraction of sp³-hybridized carbons (Fsp3) is 1.00. The first-order valence-electron chi connectivity index (χ1n) is 11.9. The molecule has 0 spiro atoms. The van der Waals surface area contributed by atoms with Crippen LogP contribution in [0.2, 0.25) is 51.4 Å². The van der Waals surface area contributed by atoms with Crippen LogP contribution in [-0.4, -0.2) is 62.6 Å². The first kappa shape index (κ1) is 29.5. The minimum absolute atomic E-state index is 0.274. The molecular weight excluding hydrogens is 412 g/mol. The van der Waals surface area contributed by atoms with E-state index in [1.54, 1.807) is 0 Å². The average molecular weight is 465 g/mol. The van der Waals surface area contributed by atoms with Crippen LogP contribution >= 0.6 is 0 Å². The third kappa shape index (κ3) is 12.8. The van der Waals surface area contributed by atoms with Gasteiger partial charge in [0.2, 0.25) is 8.32 Å². The molecule has 0 aromatic rings. The first-order valence-corrected chi connectivity index (χ1v) is 21.3. The molecular formula is C22H52O4Si3. The van der Waals surface area contributed by atoms with Crippen LogP contribution in [0.5, 0.6) is 0 Å². The molecule has 0 aliphatic rings. The van der Waals surface area contributed by atoms with E-state index in [9.17, 15) is 0 Å². The second-order valence-electron chi connectivity index (χ2n) is 10.1. The van der Waals surface area contributed by atoms with Crippen LogP contribution in [0.4, 0.5) is 0 Å². The molecule has 0 saturated carbocycles. The van der Waals surface area contributed by atoms with Gasteiger partial charge >= 0.3 is 0 Å². The molecule has 29 heavy (non-hydrogen) atoms. The van der Waals surface area contributed by atoms with Crippen LogP contribution in [0, 0.1) is 0 Å². The minimum Gasteiger partial charge on any atom is -0.415 e. The Morgan fingerprint density at radius 1 is 0.724 bits per heavy atom. The van der Waals surface area contributed by atoms with Crippen LogP contribution < -0.4 is 0 Å². The van der Waals surface area contributed by atoms with E-state index in [1.165, 1.54) is 6.04 Å². The summed E-state index contributed by atoms with van der Waals surface area (Å²) in [4.78, 5) is 0. The largest absolute Gasteiger partial charge is 0.415 e. The lowest BCUT2D eigenvalue weighted by Gasteiger charge is -2.42. The van der Waals surface area contributed by atoms with Crippen molar-refractivity contribution in [1.29, 1.82) is 0 Å². The smallest absolute Gasteiger partial charge is 0.213 e. The van der Waals surface area contributed by atoms with Gasteiger partial charge in [-0.2, -0.15) is 0 Å². The third-order valence-electron chi connectivity index (χ3n) is 5.92. The molecule has 0 rings (SSSR count). The zero-order valence-electron chi connectivity index (χ0n) is 21.4. The van der Waals surface area contributed by atoms with Gasteiger partial charge in [0.15, 0.2) is 8.32 Å². The molecule has 0 amide bonds. The number of rotatable bonds is 18. The summed E-state index contributed by atoms with van der Waals surface area (Å²) in [5.41, 5.74) is 0.632. The van der Waals surface area contributed by atoms with E-state index in [2.05, 4.69) is 67.0 Å². The summed E-state index contributed by atoms with van der Waals surface area (Å²) in [6, 6.07) is 2.42. The molecule has 2 unspecified atom stereocenters. The normalized spacial score (nSPS) is 15.5. The van der Waals surface area contributed by atoms with Gasteiger partial charge in [-0.25, -0.2) is 0 Å². The second kappa shape index (κ2) is 14.5. The Hall–Kier alpha value is 0.491. The molecule has 0 N–H and O–H groups in total. The Morgan fingerprint density at radius 2 is 1.31 bits per heavy atom. The Labute approximate surface area is 185 Å². The minimum atomic E-state index is -1.95. The van der Waals surface area contributed by atoms with E-state index in [1.807, 2.05) is 0 Å². The number of ether oxygens (including phenoxy) is 2. The molecule has 0 aliphatic carbocycles. The van der Waals surface area contributed by atoms with E-state index in [4.69, 9.17) is 18.3 Å². The zero-order chi connectivity index (χ0) is 22.6. The first-order chi connectivity index (χ1) is 13.4. The lowest BCUT2D eigenvalue weighted by molar-refractivity contribution is 0.133. The molecule has 0 aliphatic heterocycles. The number of hydrogen-bond donors (Lipinski definition) is 0. The van der Waals surface area contributed by atoms with E-state index in [0.29, 0.717) is 5.73 Å². The molecule has 0 fully saturated rings. The van der Waals surface area contributed by atoms with Crippen molar-refractivity contribution in [3.8, 4) is 0 Å². The van der Waals surface area contributed by atoms with Crippen LogP contribution in [0.25, 0.3) is 0 Å². The highest BCUT2D eigenvalue weighted by atomic mass is 28.4. The predicted molar refractivity (Wildman–Crippen MR) is 135 cm³/mol. The monoisotopic (exact) mass is 464 g/mol. The molecule has 7 heteroatoms. The molecule has 0 bridgehead atoms. The highest BCUT2D eigenvalue weighted by Gasteiger charge is 2.41. The van der Waals surface area contributed by atoms with Gasteiger partial charge in [-0.1, -0.05) is 33.0 Å². The van der Waals surface area contributed by atoms with Crippen molar-refractivity contribution in [2.24, 2.45) is 0 Å². The van der Waals surface area contributed by atoms with Gasteiger partial charge in [0.25, 0.3) is 0 Å². The maximum Gasteiger partial charge on any atom is 0.213 e. The Bertz CT molecular complexity index is 417. The van der Waals surface area contributed by atoms with Gasteiger partial charge in [-0.3, -0.25) is 0 Å². The Morgan fingerprint density at radius 3 is 1.86 bits per heavy atom. The number of hydrogen-bond acceptors (Lipinski definition) is 4. The third-order valence-corrected chi connectivity index (χ3v) is 15.9. The van der Waals surface area contributed by atoms with E-state index >= 15 is 0 Å². The summed E-state index contributed by atoms with van der Waals surface area (Å²) < 4.78 is 24.8. The van der Waals surface area contributed by atoms with Crippen LogP contribution in [0.15, 0.2) is 0 Å². The molecule has 4 nitrogen and oxygen atoms in total. The SMILES string of the molecule is CCCOCCC[Si](C)(C)OC(CC)[Si](C)(C)OC(C)[Si](C)(C)CCCOCC. The van der Waals surface area contributed by atoms with Crippen molar-refractivity contribution >= 4 is 24.7 Å². The van der Waals surface area contributed by atoms with Crippen LogP contribution in [0.1, 0.15) is 53.4 Å². The Kier molecular flexibility index (Phi) is 14.8. The van der Waals surface area contributed by atoms with E-state index < -0.39 is 24.7 Å². The van der Waals surface area contributed by atoms with E-state index in [0.717, 1.165) is 58.2 Å². The second-order valence-corrected chi connectivity index (χ2v) is 23.8. The topological polar surface area (TPSA) is 36.9 Å². The van der Waals surface area contributed by atoms with Gasteiger partial charge in [-0.05, 0) is 71.8 Å². The molecule has 176 valence electrons. The fourth-order valence-corrected chi connectivity index (χ4v) is 13.5. The molecule has 0 saturated heterocycles. The standard InChI is InChI=1S/C22H52O4Si3/c1-11-16-24-18-15-20-28(7,8)26-22(12-2)29(9,10)25-21(4)27(5,6)19-14-17-23-13-3/h21-22H,11-20H2,1-10H3.